The molecule has 0 saturated heterocycles. The van der Waals surface area contributed by atoms with Crippen LogP contribution in [0.5, 0.6) is 11.5 Å². The molecule has 0 N–H and O–H groups in total. The van der Waals surface area contributed by atoms with E-state index in [0.717, 1.165) is 55.7 Å². The summed E-state index contributed by atoms with van der Waals surface area (Å²) in [4.78, 5) is 15.7. The number of nitrogens with zero attached hydrogens (tertiary/aromatic N) is 3. The molecular weight excluding hydrogens is 659 g/mol. The van der Waals surface area contributed by atoms with Crippen molar-refractivity contribution < 1.29 is 4.74 Å². The Kier molecular flexibility index (Phi) is 6.73. The first-order valence-electron chi connectivity index (χ1n) is 18.3. The van der Waals surface area contributed by atoms with Gasteiger partial charge in [0.1, 0.15) is 11.5 Å². The van der Waals surface area contributed by atoms with Crippen LogP contribution in [0.25, 0.3) is 67.2 Å². The highest BCUT2D eigenvalue weighted by Crippen LogP contribution is 2.63. The van der Waals surface area contributed by atoms with E-state index in [1.54, 1.807) is 0 Å². The van der Waals surface area contributed by atoms with Gasteiger partial charge in [0.05, 0.1) is 5.41 Å². The van der Waals surface area contributed by atoms with E-state index in [1.165, 1.54) is 27.8 Å². The van der Waals surface area contributed by atoms with Crippen molar-refractivity contribution in [3.8, 4) is 67.9 Å². The van der Waals surface area contributed by atoms with Crippen molar-refractivity contribution in [2.24, 2.45) is 0 Å². The number of fused-ring (bicyclic) bond motifs is 11. The van der Waals surface area contributed by atoms with E-state index >= 15 is 0 Å². The van der Waals surface area contributed by atoms with E-state index in [2.05, 4.69) is 164 Å². The standard InChI is InChI=1S/C50H31N3O/c1-3-15-32(16-4-1)33-27-29-35(30-28-33)48-51-47(34-17-5-2-6-18-34)52-49(53-48)39-31-43-46(37-20-8-7-19-36(37)39)38-21-9-10-22-40(38)50(43)41-23-11-13-25-44(41)54-45-26-14-12-24-42(45)50/h1-31H. The third kappa shape index (κ3) is 4.47. The lowest BCUT2D eigenvalue weighted by atomic mass is 9.66. The number of para-hydroxylation sites is 2. The molecule has 54 heavy (non-hydrogen) atoms. The smallest absolute Gasteiger partial charge is 0.164 e. The summed E-state index contributed by atoms with van der Waals surface area (Å²) in [5, 5.41) is 2.25. The summed E-state index contributed by atoms with van der Waals surface area (Å²) in [5.74, 6) is 3.61. The van der Waals surface area contributed by atoms with Gasteiger partial charge in [0, 0.05) is 27.8 Å². The largest absolute Gasteiger partial charge is 0.457 e. The first-order valence-corrected chi connectivity index (χ1v) is 18.3. The molecular formula is C50H31N3O. The fraction of sp³-hybridized carbons (Fsp3) is 0.0200. The van der Waals surface area contributed by atoms with Crippen LogP contribution in [0.15, 0.2) is 188 Å². The van der Waals surface area contributed by atoms with Crippen LogP contribution in [0.4, 0.5) is 0 Å². The third-order valence-electron chi connectivity index (χ3n) is 11.0. The van der Waals surface area contributed by atoms with Crippen molar-refractivity contribution >= 4 is 10.8 Å². The van der Waals surface area contributed by atoms with E-state index in [-0.39, 0.29) is 0 Å². The number of hydrogen-bond acceptors (Lipinski definition) is 4. The Morgan fingerprint density at radius 2 is 0.796 bits per heavy atom. The second kappa shape index (κ2) is 11.9. The zero-order valence-corrected chi connectivity index (χ0v) is 29.1. The van der Waals surface area contributed by atoms with Gasteiger partial charge in [-0.15, -0.1) is 0 Å². The summed E-state index contributed by atoms with van der Waals surface area (Å²) in [6, 6.07) is 66.0. The van der Waals surface area contributed by atoms with Crippen molar-refractivity contribution in [1.29, 1.82) is 0 Å². The van der Waals surface area contributed by atoms with Crippen LogP contribution < -0.4 is 4.74 Å². The number of rotatable bonds is 4. The van der Waals surface area contributed by atoms with Gasteiger partial charge in [0.15, 0.2) is 17.5 Å². The quantitative estimate of drug-likeness (QED) is 0.185. The number of ether oxygens (including phenoxy) is 1. The molecule has 1 aliphatic carbocycles. The van der Waals surface area contributed by atoms with Gasteiger partial charge in [-0.05, 0) is 62.4 Å². The molecule has 1 aromatic heterocycles. The maximum Gasteiger partial charge on any atom is 0.164 e. The van der Waals surface area contributed by atoms with Gasteiger partial charge in [-0.25, -0.2) is 15.0 Å². The SMILES string of the molecule is c1ccc(-c2ccc(-c3nc(-c4ccccc4)nc(-c4cc5c(c6ccccc46)-c4ccccc4C54c5ccccc5Oc5ccccc54)n3)cc2)cc1. The molecule has 11 rings (SSSR count). The van der Waals surface area contributed by atoms with Gasteiger partial charge < -0.3 is 4.74 Å². The van der Waals surface area contributed by atoms with E-state index in [1.807, 2.05) is 24.3 Å². The maximum atomic E-state index is 6.63. The first-order chi connectivity index (χ1) is 26.8. The number of aromatic nitrogens is 3. The number of benzene rings is 8. The second-order valence-corrected chi connectivity index (χ2v) is 13.9. The zero-order valence-electron chi connectivity index (χ0n) is 29.1. The molecule has 9 aromatic rings. The lowest BCUT2D eigenvalue weighted by Crippen LogP contribution is -2.32. The Morgan fingerprint density at radius 1 is 0.333 bits per heavy atom. The minimum absolute atomic E-state index is 0.623. The van der Waals surface area contributed by atoms with E-state index in [9.17, 15) is 0 Å². The monoisotopic (exact) mass is 689 g/mol. The summed E-state index contributed by atoms with van der Waals surface area (Å²) in [5.41, 5.74) is 11.6. The van der Waals surface area contributed by atoms with Crippen LogP contribution in [-0.2, 0) is 5.41 Å². The van der Waals surface area contributed by atoms with Gasteiger partial charge in [0.25, 0.3) is 0 Å². The molecule has 0 saturated carbocycles. The fourth-order valence-electron chi connectivity index (χ4n) is 8.68. The molecule has 1 spiro atoms. The minimum Gasteiger partial charge on any atom is -0.457 e. The molecule has 1 aliphatic heterocycles. The van der Waals surface area contributed by atoms with Crippen molar-refractivity contribution in [2.75, 3.05) is 0 Å². The number of hydrogen-bond donors (Lipinski definition) is 0. The van der Waals surface area contributed by atoms with Crippen molar-refractivity contribution in [3.05, 3.63) is 210 Å². The van der Waals surface area contributed by atoms with Gasteiger partial charge in [-0.2, -0.15) is 0 Å². The van der Waals surface area contributed by atoms with Gasteiger partial charge in [0.2, 0.25) is 0 Å². The summed E-state index contributed by atoms with van der Waals surface area (Å²) < 4.78 is 6.63. The highest BCUT2D eigenvalue weighted by Gasteiger charge is 2.51. The van der Waals surface area contributed by atoms with Crippen LogP contribution in [0.3, 0.4) is 0 Å². The first kappa shape index (κ1) is 30.5. The molecule has 2 heterocycles. The van der Waals surface area contributed by atoms with Crippen LogP contribution in [0.1, 0.15) is 22.3 Å². The summed E-state index contributed by atoms with van der Waals surface area (Å²) >= 11 is 0. The molecule has 252 valence electrons. The second-order valence-electron chi connectivity index (χ2n) is 13.9. The zero-order chi connectivity index (χ0) is 35.6. The molecule has 0 amide bonds. The molecule has 0 atom stereocenters. The Morgan fingerprint density at radius 3 is 1.46 bits per heavy atom. The van der Waals surface area contributed by atoms with E-state index < -0.39 is 5.41 Å². The Hall–Kier alpha value is -7.17. The Bertz CT molecular complexity index is 2860. The molecule has 0 radical (unpaired) electrons. The fourth-order valence-corrected chi connectivity index (χ4v) is 8.68. The van der Waals surface area contributed by atoms with E-state index in [0.29, 0.717) is 17.5 Å². The van der Waals surface area contributed by atoms with Crippen molar-refractivity contribution in [2.45, 2.75) is 5.41 Å². The lowest BCUT2D eigenvalue weighted by Gasteiger charge is -2.39. The summed E-state index contributed by atoms with van der Waals surface area (Å²) in [7, 11) is 0. The molecule has 0 bridgehead atoms. The highest BCUT2D eigenvalue weighted by molar-refractivity contribution is 6.09. The molecule has 0 fully saturated rings. The normalized spacial score (nSPS) is 13.1. The van der Waals surface area contributed by atoms with Gasteiger partial charge >= 0.3 is 0 Å². The summed E-state index contributed by atoms with van der Waals surface area (Å²) in [6.45, 7) is 0. The summed E-state index contributed by atoms with van der Waals surface area (Å²) in [6.07, 6.45) is 0. The maximum absolute atomic E-state index is 6.63. The van der Waals surface area contributed by atoms with Crippen molar-refractivity contribution in [3.63, 3.8) is 0 Å². The van der Waals surface area contributed by atoms with Gasteiger partial charge in [-0.1, -0.05) is 170 Å². The minimum atomic E-state index is -0.623. The van der Waals surface area contributed by atoms with Crippen LogP contribution in [-0.4, -0.2) is 15.0 Å². The average Bonchev–Trinajstić information content (AvgIpc) is 3.54. The van der Waals surface area contributed by atoms with Crippen molar-refractivity contribution in [1.82, 2.24) is 15.0 Å². The topological polar surface area (TPSA) is 47.9 Å². The Balaban J connectivity index is 1.21. The highest BCUT2D eigenvalue weighted by atomic mass is 16.5. The average molecular weight is 690 g/mol. The van der Waals surface area contributed by atoms with Gasteiger partial charge in [-0.3, -0.25) is 0 Å². The predicted octanol–water partition coefficient (Wildman–Crippen LogP) is 12.2. The van der Waals surface area contributed by atoms with Crippen LogP contribution >= 0.6 is 0 Å². The molecule has 0 unspecified atom stereocenters. The van der Waals surface area contributed by atoms with Crippen LogP contribution in [0.2, 0.25) is 0 Å². The van der Waals surface area contributed by atoms with E-state index in [4.69, 9.17) is 19.7 Å². The lowest BCUT2D eigenvalue weighted by molar-refractivity contribution is 0.436. The molecule has 4 heteroatoms. The molecule has 4 nitrogen and oxygen atoms in total. The van der Waals surface area contributed by atoms with Crippen LogP contribution in [0, 0.1) is 0 Å². The molecule has 2 aliphatic rings. The predicted molar refractivity (Wildman–Crippen MR) is 216 cm³/mol. The molecule has 8 aromatic carbocycles. The Labute approximate surface area is 313 Å². The third-order valence-corrected chi connectivity index (χ3v) is 11.0.